The summed E-state index contributed by atoms with van der Waals surface area (Å²) in [4.78, 5) is 11.6. The Balaban J connectivity index is 2.07. The van der Waals surface area contributed by atoms with Gasteiger partial charge >= 0.3 is 6.18 Å². The van der Waals surface area contributed by atoms with Crippen LogP contribution in [-0.4, -0.2) is 12.1 Å². The standard InChI is InChI=1S/C15H10F4N2O/c16-13-7-2-1-6-12(13)14(22)21-20-9-10-4-3-5-11(8-10)15(17,18)19/h1-9H,(H,21,22). The van der Waals surface area contributed by atoms with Gasteiger partial charge in [-0.05, 0) is 29.8 Å². The zero-order chi connectivity index (χ0) is 16.2. The van der Waals surface area contributed by atoms with E-state index in [4.69, 9.17) is 0 Å². The van der Waals surface area contributed by atoms with Crippen molar-refractivity contribution in [2.75, 3.05) is 0 Å². The SMILES string of the molecule is O=C(NN=Cc1cccc(C(F)(F)F)c1)c1ccccc1F. The van der Waals surface area contributed by atoms with Gasteiger partial charge in [-0.25, -0.2) is 9.82 Å². The lowest BCUT2D eigenvalue weighted by Crippen LogP contribution is -2.19. The van der Waals surface area contributed by atoms with Gasteiger partial charge in [0.2, 0.25) is 0 Å². The number of nitrogens with zero attached hydrogens (tertiary/aromatic N) is 1. The Bertz CT molecular complexity index is 711. The van der Waals surface area contributed by atoms with Crippen LogP contribution in [0.25, 0.3) is 0 Å². The minimum Gasteiger partial charge on any atom is -0.267 e. The van der Waals surface area contributed by atoms with Gasteiger partial charge in [0.25, 0.3) is 5.91 Å². The number of rotatable bonds is 3. The zero-order valence-electron chi connectivity index (χ0n) is 11.1. The monoisotopic (exact) mass is 310 g/mol. The lowest BCUT2D eigenvalue weighted by Gasteiger charge is -2.06. The fourth-order valence-corrected chi connectivity index (χ4v) is 1.67. The van der Waals surface area contributed by atoms with Crippen LogP contribution in [-0.2, 0) is 6.18 Å². The van der Waals surface area contributed by atoms with E-state index in [9.17, 15) is 22.4 Å². The molecule has 0 bridgehead atoms. The molecule has 0 aliphatic carbocycles. The van der Waals surface area contributed by atoms with Crippen molar-refractivity contribution < 1.29 is 22.4 Å². The van der Waals surface area contributed by atoms with Crippen molar-refractivity contribution in [3.05, 3.63) is 71.0 Å². The molecule has 1 amide bonds. The van der Waals surface area contributed by atoms with Crippen molar-refractivity contribution in [1.82, 2.24) is 5.43 Å². The highest BCUT2D eigenvalue weighted by Crippen LogP contribution is 2.29. The smallest absolute Gasteiger partial charge is 0.267 e. The first-order valence-corrected chi connectivity index (χ1v) is 6.13. The van der Waals surface area contributed by atoms with Crippen LogP contribution in [0.2, 0.25) is 0 Å². The molecule has 0 aliphatic rings. The number of hydrogen-bond acceptors (Lipinski definition) is 2. The molecule has 7 heteroatoms. The number of carbonyl (C=O) groups excluding carboxylic acids is 1. The molecule has 0 radical (unpaired) electrons. The van der Waals surface area contributed by atoms with Crippen molar-refractivity contribution in [3.8, 4) is 0 Å². The number of amides is 1. The van der Waals surface area contributed by atoms with Crippen molar-refractivity contribution in [1.29, 1.82) is 0 Å². The Labute approximate surface area is 123 Å². The predicted octanol–water partition coefficient (Wildman–Crippen LogP) is 3.61. The van der Waals surface area contributed by atoms with E-state index in [1.54, 1.807) is 0 Å². The van der Waals surface area contributed by atoms with Crippen LogP contribution in [0.1, 0.15) is 21.5 Å². The number of nitrogens with one attached hydrogen (secondary N) is 1. The maximum Gasteiger partial charge on any atom is 0.416 e. The van der Waals surface area contributed by atoms with Gasteiger partial charge in [0, 0.05) is 0 Å². The number of hydrogen-bond donors (Lipinski definition) is 1. The highest BCUT2D eigenvalue weighted by Gasteiger charge is 2.30. The van der Waals surface area contributed by atoms with E-state index in [0.717, 1.165) is 24.4 Å². The molecule has 0 spiro atoms. The minimum atomic E-state index is -4.46. The second kappa shape index (κ2) is 6.38. The van der Waals surface area contributed by atoms with Crippen molar-refractivity contribution in [3.63, 3.8) is 0 Å². The molecule has 0 saturated heterocycles. The third kappa shape index (κ3) is 3.91. The first-order chi connectivity index (χ1) is 10.4. The third-order valence-corrected chi connectivity index (χ3v) is 2.71. The van der Waals surface area contributed by atoms with E-state index in [-0.39, 0.29) is 11.1 Å². The Morgan fingerprint density at radius 3 is 2.50 bits per heavy atom. The number of halogens is 4. The van der Waals surface area contributed by atoms with Crippen LogP contribution >= 0.6 is 0 Å². The van der Waals surface area contributed by atoms with E-state index < -0.39 is 23.5 Å². The molecule has 0 unspecified atom stereocenters. The molecular formula is C15H10F4N2O. The number of carbonyl (C=O) groups is 1. The van der Waals surface area contributed by atoms with Gasteiger partial charge in [0.05, 0.1) is 17.3 Å². The lowest BCUT2D eigenvalue weighted by molar-refractivity contribution is -0.137. The van der Waals surface area contributed by atoms with E-state index in [2.05, 4.69) is 10.5 Å². The van der Waals surface area contributed by atoms with Gasteiger partial charge in [0.15, 0.2) is 0 Å². The fraction of sp³-hybridized carbons (Fsp3) is 0.0667. The lowest BCUT2D eigenvalue weighted by atomic mass is 10.1. The Morgan fingerprint density at radius 2 is 1.82 bits per heavy atom. The molecule has 2 aromatic rings. The van der Waals surface area contributed by atoms with E-state index in [1.807, 2.05) is 0 Å². The van der Waals surface area contributed by atoms with Crippen molar-refractivity contribution in [2.45, 2.75) is 6.18 Å². The molecule has 3 nitrogen and oxygen atoms in total. The normalized spacial score (nSPS) is 11.6. The first-order valence-electron chi connectivity index (χ1n) is 6.13. The van der Waals surface area contributed by atoms with Gasteiger partial charge in [0.1, 0.15) is 5.82 Å². The molecule has 0 fully saturated rings. The Hall–Kier alpha value is -2.70. The molecule has 0 aromatic heterocycles. The van der Waals surface area contributed by atoms with Crippen LogP contribution in [0.5, 0.6) is 0 Å². The summed E-state index contributed by atoms with van der Waals surface area (Å²) in [5.74, 6) is -1.50. The molecular weight excluding hydrogens is 300 g/mol. The average molecular weight is 310 g/mol. The van der Waals surface area contributed by atoms with Gasteiger partial charge < -0.3 is 0 Å². The van der Waals surface area contributed by atoms with Crippen LogP contribution in [0.3, 0.4) is 0 Å². The van der Waals surface area contributed by atoms with Crippen molar-refractivity contribution in [2.24, 2.45) is 5.10 Å². The summed E-state index contributed by atoms with van der Waals surface area (Å²) >= 11 is 0. The number of alkyl halides is 3. The molecule has 0 atom stereocenters. The Kier molecular flexibility index (Phi) is 4.55. The minimum absolute atomic E-state index is 0.156. The number of benzene rings is 2. The topological polar surface area (TPSA) is 41.5 Å². The molecule has 114 valence electrons. The molecule has 0 heterocycles. The Morgan fingerprint density at radius 1 is 1.09 bits per heavy atom. The fourth-order valence-electron chi connectivity index (χ4n) is 1.67. The summed E-state index contributed by atoms with van der Waals surface area (Å²) in [6, 6.07) is 9.73. The maximum atomic E-state index is 13.3. The van der Waals surface area contributed by atoms with E-state index >= 15 is 0 Å². The van der Waals surface area contributed by atoms with Gasteiger partial charge in [-0.2, -0.15) is 18.3 Å². The predicted molar refractivity (Wildman–Crippen MR) is 72.9 cm³/mol. The van der Waals surface area contributed by atoms with Crippen LogP contribution < -0.4 is 5.43 Å². The molecule has 0 saturated carbocycles. The van der Waals surface area contributed by atoms with Gasteiger partial charge in [-0.1, -0.05) is 24.3 Å². The summed E-state index contributed by atoms with van der Waals surface area (Å²) in [6.07, 6.45) is -3.41. The quantitative estimate of drug-likeness (QED) is 0.525. The maximum absolute atomic E-state index is 13.3. The third-order valence-electron chi connectivity index (χ3n) is 2.71. The van der Waals surface area contributed by atoms with Crippen molar-refractivity contribution >= 4 is 12.1 Å². The summed E-state index contributed by atoms with van der Waals surface area (Å²) < 4.78 is 50.9. The van der Waals surface area contributed by atoms with E-state index in [1.165, 1.54) is 30.3 Å². The highest BCUT2D eigenvalue weighted by atomic mass is 19.4. The summed E-state index contributed by atoms with van der Waals surface area (Å²) in [5.41, 5.74) is 1.18. The largest absolute Gasteiger partial charge is 0.416 e. The molecule has 1 N–H and O–H groups in total. The number of hydrazone groups is 1. The van der Waals surface area contributed by atoms with E-state index in [0.29, 0.717) is 0 Å². The molecule has 22 heavy (non-hydrogen) atoms. The second-order valence-electron chi connectivity index (χ2n) is 4.30. The first kappa shape index (κ1) is 15.7. The van der Waals surface area contributed by atoms with Crippen LogP contribution in [0, 0.1) is 5.82 Å². The van der Waals surface area contributed by atoms with Gasteiger partial charge in [-0.15, -0.1) is 0 Å². The summed E-state index contributed by atoms with van der Waals surface area (Å²) in [7, 11) is 0. The summed E-state index contributed by atoms with van der Waals surface area (Å²) in [6.45, 7) is 0. The average Bonchev–Trinajstić information content (AvgIpc) is 2.47. The van der Waals surface area contributed by atoms with Crippen LogP contribution in [0.4, 0.5) is 17.6 Å². The molecule has 2 aromatic carbocycles. The molecule has 2 rings (SSSR count). The highest BCUT2D eigenvalue weighted by molar-refractivity contribution is 5.95. The summed E-state index contributed by atoms with van der Waals surface area (Å²) in [5, 5.41) is 3.52. The van der Waals surface area contributed by atoms with Crippen LogP contribution in [0.15, 0.2) is 53.6 Å². The molecule has 0 aliphatic heterocycles. The second-order valence-corrected chi connectivity index (χ2v) is 4.30. The zero-order valence-corrected chi connectivity index (χ0v) is 11.1. The van der Waals surface area contributed by atoms with Gasteiger partial charge in [-0.3, -0.25) is 4.79 Å².